The van der Waals surface area contributed by atoms with Gasteiger partial charge in [-0.2, -0.15) is 4.39 Å². The number of rotatable bonds is 3. The summed E-state index contributed by atoms with van der Waals surface area (Å²) in [5, 5.41) is 0. The van der Waals surface area contributed by atoms with Gasteiger partial charge in [-0.1, -0.05) is 0 Å². The molecule has 5 heteroatoms. The standard InChI is InChI=1S/C9H9F2NO2/c1-2-14-9(13)5-7-3-6(10)4-8(11)12-7/h3-4H,2,5H2,1H3. The van der Waals surface area contributed by atoms with Crippen LogP contribution >= 0.6 is 0 Å². The van der Waals surface area contributed by atoms with E-state index in [1.807, 2.05) is 0 Å². The topological polar surface area (TPSA) is 39.2 Å². The average molecular weight is 201 g/mol. The lowest BCUT2D eigenvalue weighted by atomic mass is 10.2. The van der Waals surface area contributed by atoms with Gasteiger partial charge in [-0.3, -0.25) is 4.79 Å². The van der Waals surface area contributed by atoms with Crippen molar-refractivity contribution in [3.63, 3.8) is 0 Å². The molecule has 0 N–H and O–H groups in total. The number of nitrogens with zero attached hydrogens (tertiary/aromatic N) is 1. The van der Waals surface area contributed by atoms with E-state index in [-0.39, 0.29) is 18.7 Å². The molecule has 0 aliphatic carbocycles. The molecule has 14 heavy (non-hydrogen) atoms. The highest BCUT2D eigenvalue weighted by molar-refractivity contribution is 5.71. The number of esters is 1. The van der Waals surface area contributed by atoms with Crippen molar-refractivity contribution in [2.24, 2.45) is 0 Å². The number of pyridine rings is 1. The highest BCUT2D eigenvalue weighted by atomic mass is 19.1. The van der Waals surface area contributed by atoms with Crippen LogP contribution in [0.1, 0.15) is 12.6 Å². The van der Waals surface area contributed by atoms with Crippen molar-refractivity contribution >= 4 is 5.97 Å². The van der Waals surface area contributed by atoms with Crippen molar-refractivity contribution in [3.8, 4) is 0 Å². The zero-order chi connectivity index (χ0) is 10.6. The summed E-state index contributed by atoms with van der Waals surface area (Å²) in [5.41, 5.74) is 0.0287. The third-order valence-corrected chi connectivity index (χ3v) is 1.44. The minimum Gasteiger partial charge on any atom is -0.466 e. The highest BCUT2D eigenvalue weighted by Crippen LogP contribution is 2.04. The van der Waals surface area contributed by atoms with Crippen molar-refractivity contribution in [2.75, 3.05) is 6.61 Å². The first kappa shape index (κ1) is 10.6. The summed E-state index contributed by atoms with van der Waals surface area (Å²) in [7, 11) is 0. The number of hydrogen-bond acceptors (Lipinski definition) is 3. The smallest absolute Gasteiger partial charge is 0.311 e. The van der Waals surface area contributed by atoms with E-state index in [4.69, 9.17) is 0 Å². The number of aromatic nitrogens is 1. The maximum atomic E-state index is 12.6. The molecule has 1 aromatic heterocycles. The molecule has 0 unspecified atom stereocenters. The zero-order valence-electron chi connectivity index (χ0n) is 7.59. The van der Waals surface area contributed by atoms with Gasteiger partial charge in [-0.05, 0) is 13.0 Å². The van der Waals surface area contributed by atoms with Crippen LogP contribution in [0.25, 0.3) is 0 Å². The van der Waals surface area contributed by atoms with Crippen molar-refractivity contribution < 1.29 is 18.3 Å². The van der Waals surface area contributed by atoms with Crippen LogP contribution in [-0.2, 0) is 16.0 Å². The normalized spacial score (nSPS) is 9.93. The van der Waals surface area contributed by atoms with E-state index in [0.29, 0.717) is 6.07 Å². The molecule has 0 aromatic carbocycles. The maximum Gasteiger partial charge on any atom is 0.311 e. The fraction of sp³-hybridized carbons (Fsp3) is 0.333. The van der Waals surface area contributed by atoms with Crippen molar-refractivity contribution in [2.45, 2.75) is 13.3 Å². The van der Waals surface area contributed by atoms with E-state index in [1.165, 1.54) is 0 Å². The highest BCUT2D eigenvalue weighted by Gasteiger charge is 2.08. The molecule has 0 saturated heterocycles. The minimum atomic E-state index is -0.940. The monoisotopic (exact) mass is 201 g/mol. The molecule has 3 nitrogen and oxygen atoms in total. The molecular formula is C9H9F2NO2. The third-order valence-electron chi connectivity index (χ3n) is 1.44. The SMILES string of the molecule is CCOC(=O)Cc1cc(F)cc(F)n1. The Bertz CT molecular complexity index is 321. The summed E-state index contributed by atoms with van der Waals surface area (Å²) in [4.78, 5) is 14.3. The molecule has 0 spiro atoms. The van der Waals surface area contributed by atoms with Crippen molar-refractivity contribution in [3.05, 3.63) is 29.6 Å². The maximum absolute atomic E-state index is 12.6. The van der Waals surface area contributed by atoms with Crippen LogP contribution in [-0.4, -0.2) is 17.6 Å². The quantitative estimate of drug-likeness (QED) is 0.549. The van der Waals surface area contributed by atoms with E-state index in [0.717, 1.165) is 6.07 Å². The second-order valence-corrected chi connectivity index (χ2v) is 2.58. The molecule has 1 aromatic rings. The molecule has 1 heterocycles. The van der Waals surface area contributed by atoms with Gasteiger partial charge in [0.05, 0.1) is 18.7 Å². The van der Waals surface area contributed by atoms with Gasteiger partial charge in [-0.25, -0.2) is 9.37 Å². The number of carbonyl (C=O) groups is 1. The summed E-state index contributed by atoms with van der Waals surface area (Å²) in [6.45, 7) is 1.88. The molecule has 0 aliphatic heterocycles. The molecule has 0 radical (unpaired) electrons. The molecule has 0 amide bonds. The lowest BCUT2D eigenvalue weighted by Crippen LogP contribution is -2.09. The van der Waals surface area contributed by atoms with Crippen LogP contribution in [0.3, 0.4) is 0 Å². The fourth-order valence-electron chi connectivity index (χ4n) is 0.967. The van der Waals surface area contributed by atoms with Crippen LogP contribution in [0.15, 0.2) is 12.1 Å². The first-order valence-electron chi connectivity index (χ1n) is 4.09. The Labute approximate surface area is 79.7 Å². The Morgan fingerprint density at radius 2 is 2.21 bits per heavy atom. The number of carbonyl (C=O) groups excluding carboxylic acids is 1. The summed E-state index contributed by atoms with van der Waals surface area (Å²) < 4.78 is 29.8. The molecule has 0 bridgehead atoms. The van der Waals surface area contributed by atoms with E-state index in [1.54, 1.807) is 6.92 Å². The van der Waals surface area contributed by atoms with Crippen LogP contribution < -0.4 is 0 Å². The summed E-state index contributed by atoms with van der Waals surface area (Å²) in [6, 6.07) is 1.65. The summed E-state index contributed by atoms with van der Waals surface area (Å²) >= 11 is 0. The van der Waals surface area contributed by atoms with Gasteiger partial charge < -0.3 is 4.74 Å². The molecule has 0 aliphatic rings. The summed E-state index contributed by atoms with van der Waals surface area (Å²) in [5.74, 6) is -2.24. The van der Waals surface area contributed by atoms with Crippen molar-refractivity contribution in [1.82, 2.24) is 4.98 Å². The largest absolute Gasteiger partial charge is 0.466 e. The Morgan fingerprint density at radius 3 is 2.79 bits per heavy atom. The van der Waals surface area contributed by atoms with Gasteiger partial charge in [0.2, 0.25) is 5.95 Å². The molecular weight excluding hydrogens is 192 g/mol. The first-order valence-corrected chi connectivity index (χ1v) is 4.09. The van der Waals surface area contributed by atoms with E-state index >= 15 is 0 Å². The van der Waals surface area contributed by atoms with Gasteiger partial charge in [-0.15, -0.1) is 0 Å². The second kappa shape index (κ2) is 4.64. The lowest BCUT2D eigenvalue weighted by molar-refractivity contribution is -0.142. The van der Waals surface area contributed by atoms with Gasteiger partial charge in [0.15, 0.2) is 0 Å². The van der Waals surface area contributed by atoms with Gasteiger partial charge >= 0.3 is 5.97 Å². The molecule has 0 saturated carbocycles. The number of halogens is 2. The average Bonchev–Trinajstić information content (AvgIpc) is 2.01. The minimum absolute atomic E-state index is 0.0287. The van der Waals surface area contributed by atoms with Crippen LogP contribution in [0, 0.1) is 11.8 Å². The lowest BCUT2D eigenvalue weighted by Gasteiger charge is -2.01. The summed E-state index contributed by atoms with van der Waals surface area (Å²) in [6.07, 6.45) is -0.220. The first-order chi connectivity index (χ1) is 6.61. The van der Waals surface area contributed by atoms with Crippen LogP contribution in [0.2, 0.25) is 0 Å². The van der Waals surface area contributed by atoms with Crippen molar-refractivity contribution in [1.29, 1.82) is 0 Å². The van der Waals surface area contributed by atoms with E-state index < -0.39 is 17.7 Å². The van der Waals surface area contributed by atoms with Gasteiger partial charge in [0.1, 0.15) is 5.82 Å². The predicted octanol–water partition coefficient (Wildman–Crippen LogP) is 1.47. The number of hydrogen-bond donors (Lipinski definition) is 0. The Balaban J connectivity index is 2.71. The van der Waals surface area contributed by atoms with Gasteiger partial charge in [0.25, 0.3) is 0 Å². The van der Waals surface area contributed by atoms with Crippen LogP contribution in [0.5, 0.6) is 0 Å². The Hall–Kier alpha value is -1.52. The molecule has 0 fully saturated rings. The molecule has 1 rings (SSSR count). The van der Waals surface area contributed by atoms with E-state index in [2.05, 4.69) is 9.72 Å². The van der Waals surface area contributed by atoms with Crippen LogP contribution in [0.4, 0.5) is 8.78 Å². The van der Waals surface area contributed by atoms with Gasteiger partial charge in [0, 0.05) is 6.07 Å². The molecule has 0 atom stereocenters. The second-order valence-electron chi connectivity index (χ2n) is 2.58. The predicted molar refractivity (Wildman–Crippen MR) is 44.5 cm³/mol. The molecule has 76 valence electrons. The third kappa shape index (κ3) is 3.08. The Morgan fingerprint density at radius 1 is 1.50 bits per heavy atom. The zero-order valence-corrected chi connectivity index (χ0v) is 7.59. The Kier molecular flexibility index (Phi) is 3.50. The number of ether oxygens (including phenoxy) is 1. The fourth-order valence-corrected chi connectivity index (χ4v) is 0.967. The van der Waals surface area contributed by atoms with E-state index in [9.17, 15) is 13.6 Å².